The summed E-state index contributed by atoms with van der Waals surface area (Å²) in [5, 5.41) is 3.86. The van der Waals surface area contributed by atoms with Crippen LogP contribution in [0.3, 0.4) is 0 Å². The Kier molecular flexibility index (Phi) is 6.73. The second-order valence-corrected chi connectivity index (χ2v) is 6.21. The number of hydrogen-bond donors (Lipinski definition) is 2. The van der Waals surface area contributed by atoms with E-state index in [1.165, 1.54) is 12.0 Å². The molecule has 1 saturated heterocycles. The molecule has 0 aromatic heterocycles. The minimum Gasteiger partial charge on any atom is -0.468 e. The Balaban J connectivity index is 2.36. The van der Waals surface area contributed by atoms with Crippen molar-refractivity contribution >= 4 is 35.1 Å². The van der Waals surface area contributed by atoms with E-state index in [9.17, 15) is 4.79 Å². The summed E-state index contributed by atoms with van der Waals surface area (Å²) in [6, 6.07) is 0. The number of ether oxygens (including phenoxy) is 1. The van der Waals surface area contributed by atoms with E-state index >= 15 is 0 Å². The predicted molar refractivity (Wildman–Crippen MR) is 78.1 cm³/mol. The Bertz CT molecular complexity index is 300. The highest BCUT2D eigenvalue weighted by Gasteiger charge is 2.28. The summed E-state index contributed by atoms with van der Waals surface area (Å²) < 4.78 is 4.78. The lowest BCUT2D eigenvalue weighted by Gasteiger charge is -2.33. The zero-order valence-electron chi connectivity index (χ0n) is 11.2. The summed E-state index contributed by atoms with van der Waals surface area (Å²) in [5.74, 6) is 0.741. The van der Waals surface area contributed by atoms with Gasteiger partial charge in [-0.1, -0.05) is 0 Å². The average Bonchev–Trinajstić information content (AvgIpc) is 2.37. The largest absolute Gasteiger partial charge is 0.468 e. The van der Waals surface area contributed by atoms with Crippen molar-refractivity contribution < 1.29 is 14.4 Å². The topological polar surface area (TPSA) is 46.0 Å². The Morgan fingerprint density at radius 2 is 2.33 bits per heavy atom. The Hall–Kier alpha value is -0.530. The monoisotopic (exact) mass is 292 g/mol. The summed E-state index contributed by atoms with van der Waals surface area (Å²) in [6.45, 7) is 3.40. The van der Waals surface area contributed by atoms with Crippen LogP contribution in [0.25, 0.3) is 0 Å². The number of methoxy groups -OCH3 is 1. The number of nitrogens with one attached hydrogen (secondary N) is 2. The van der Waals surface area contributed by atoms with E-state index in [4.69, 9.17) is 17.0 Å². The van der Waals surface area contributed by atoms with Gasteiger partial charge < -0.3 is 19.9 Å². The average molecular weight is 292 g/mol. The van der Waals surface area contributed by atoms with Crippen LogP contribution in [0, 0.1) is 0 Å². The third-order valence-corrected chi connectivity index (χ3v) is 4.28. The molecule has 0 bridgehead atoms. The minimum atomic E-state index is -0.162. The van der Waals surface area contributed by atoms with Gasteiger partial charge in [0.2, 0.25) is 0 Å². The molecular weight excluding hydrogens is 270 g/mol. The van der Waals surface area contributed by atoms with Crippen LogP contribution in [0.4, 0.5) is 0 Å². The molecule has 1 heterocycles. The van der Waals surface area contributed by atoms with Crippen molar-refractivity contribution in [1.29, 1.82) is 0 Å². The summed E-state index contributed by atoms with van der Waals surface area (Å²) in [6.07, 6.45) is 0. The number of quaternary nitrogens is 1. The third kappa shape index (κ3) is 4.99. The SMILES string of the molecule is COC(=O)[C@H]1CN(C(=S)NCC[NH+](C)C)CCS1. The fourth-order valence-electron chi connectivity index (χ4n) is 1.64. The van der Waals surface area contributed by atoms with E-state index in [1.54, 1.807) is 11.8 Å². The van der Waals surface area contributed by atoms with Crippen molar-refractivity contribution in [3.8, 4) is 0 Å². The molecule has 0 aromatic rings. The highest BCUT2D eigenvalue weighted by molar-refractivity contribution is 8.00. The lowest BCUT2D eigenvalue weighted by molar-refractivity contribution is -0.856. The van der Waals surface area contributed by atoms with Gasteiger partial charge in [0.05, 0.1) is 34.3 Å². The van der Waals surface area contributed by atoms with Gasteiger partial charge in [-0.2, -0.15) is 0 Å². The fraction of sp³-hybridized carbons (Fsp3) is 0.818. The van der Waals surface area contributed by atoms with Crippen molar-refractivity contribution in [3.63, 3.8) is 0 Å². The standard InChI is InChI=1S/C11H21N3O2S2/c1-13(2)5-4-12-11(17)14-6-7-18-9(8-14)10(15)16-3/h9H,4-8H2,1-3H3,(H,12,17)/p+1/t9-/m1/s1. The number of likely N-dealkylation sites (N-methyl/N-ethyl adjacent to an activating group) is 1. The molecular formula is C11H22N3O2S2+. The second kappa shape index (κ2) is 7.81. The second-order valence-electron chi connectivity index (χ2n) is 4.52. The maximum Gasteiger partial charge on any atom is 0.320 e. The molecule has 2 N–H and O–H groups in total. The molecule has 1 rings (SSSR count). The lowest BCUT2D eigenvalue weighted by atomic mass is 10.3. The quantitative estimate of drug-likeness (QED) is 0.491. The first kappa shape index (κ1) is 15.5. The van der Waals surface area contributed by atoms with Gasteiger partial charge in [0.25, 0.3) is 0 Å². The third-order valence-electron chi connectivity index (χ3n) is 2.72. The number of rotatable bonds is 4. The first-order chi connectivity index (χ1) is 8.54. The van der Waals surface area contributed by atoms with Crippen LogP contribution in [0.5, 0.6) is 0 Å². The number of esters is 1. The molecule has 0 spiro atoms. The van der Waals surface area contributed by atoms with Gasteiger partial charge in [-0.05, 0) is 12.2 Å². The van der Waals surface area contributed by atoms with Crippen LogP contribution in [-0.4, -0.2) is 74.4 Å². The first-order valence-corrected chi connectivity index (χ1v) is 7.51. The normalized spacial score (nSPS) is 19.8. The number of carbonyl (C=O) groups excluding carboxylic acids is 1. The van der Waals surface area contributed by atoms with Crippen LogP contribution in [-0.2, 0) is 9.53 Å². The molecule has 1 aliphatic heterocycles. The van der Waals surface area contributed by atoms with E-state index in [-0.39, 0.29) is 11.2 Å². The van der Waals surface area contributed by atoms with E-state index in [1.807, 2.05) is 0 Å². The van der Waals surface area contributed by atoms with Crippen molar-refractivity contribution in [2.75, 3.05) is 53.1 Å². The van der Waals surface area contributed by atoms with Crippen molar-refractivity contribution in [2.45, 2.75) is 5.25 Å². The molecule has 1 fully saturated rings. The van der Waals surface area contributed by atoms with E-state index in [0.717, 1.165) is 30.5 Å². The van der Waals surface area contributed by atoms with Crippen LogP contribution in [0.2, 0.25) is 0 Å². The van der Waals surface area contributed by atoms with Gasteiger partial charge in [-0.15, -0.1) is 11.8 Å². The Morgan fingerprint density at radius 3 is 2.94 bits per heavy atom. The van der Waals surface area contributed by atoms with E-state index < -0.39 is 0 Å². The van der Waals surface area contributed by atoms with Gasteiger partial charge in [0, 0.05) is 18.8 Å². The number of carbonyl (C=O) groups is 1. The van der Waals surface area contributed by atoms with Gasteiger partial charge in [0.1, 0.15) is 5.25 Å². The van der Waals surface area contributed by atoms with Crippen LogP contribution in [0.1, 0.15) is 0 Å². The number of hydrogen-bond acceptors (Lipinski definition) is 4. The molecule has 0 aromatic carbocycles. The lowest BCUT2D eigenvalue weighted by Crippen LogP contribution is -3.06. The summed E-state index contributed by atoms with van der Waals surface area (Å²) in [7, 11) is 5.64. The van der Waals surface area contributed by atoms with Gasteiger partial charge in [-0.3, -0.25) is 4.79 Å². The van der Waals surface area contributed by atoms with E-state index in [2.05, 4.69) is 24.3 Å². The fourth-order valence-corrected chi connectivity index (χ4v) is 3.03. The molecule has 0 unspecified atom stereocenters. The number of thioether (sulfide) groups is 1. The zero-order valence-corrected chi connectivity index (χ0v) is 12.8. The van der Waals surface area contributed by atoms with Crippen LogP contribution in [0.15, 0.2) is 0 Å². The van der Waals surface area contributed by atoms with Crippen molar-refractivity contribution in [2.24, 2.45) is 0 Å². The smallest absolute Gasteiger partial charge is 0.320 e. The Labute approximate surface area is 118 Å². The van der Waals surface area contributed by atoms with Gasteiger partial charge in [0.15, 0.2) is 5.11 Å². The molecule has 104 valence electrons. The first-order valence-electron chi connectivity index (χ1n) is 6.06. The summed E-state index contributed by atoms with van der Waals surface area (Å²) in [4.78, 5) is 14.9. The van der Waals surface area contributed by atoms with Crippen molar-refractivity contribution in [1.82, 2.24) is 10.2 Å². The van der Waals surface area contributed by atoms with Gasteiger partial charge in [-0.25, -0.2) is 0 Å². The molecule has 0 radical (unpaired) electrons. The van der Waals surface area contributed by atoms with E-state index in [0.29, 0.717) is 6.54 Å². The Morgan fingerprint density at radius 1 is 1.61 bits per heavy atom. The van der Waals surface area contributed by atoms with Gasteiger partial charge >= 0.3 is 5.97 Å². The summed E-state index contributed by atoms with van der Waals surface area (Å²) in [5.41, 5.74) is 0. The highest BCUT2D eigenvalue weighted by Crippen LogP contribution is 2.19. The molecule has 7 heteroatoms. The summed E-state index contributed by atoms with van der Waals surface area (Å²) >= 11 is 6.98. The molecule has 5 nitrogen and oxygen atoms in total. The molecule has 0 saturated carbocycles. The maximum atomic E-state index is 11.5. The van der Waals surface area contributed by atoms with Crippen LogP contribution < -0.4 is 10.2 Å². The zero-order chi connectivity index (χ0) is 13.5. The van der Waals surface area contributed by atoms with Crippen molar-refractivity contribution in [3.05, 3.63) is 0 Å². The molecule has 18 heavy (non-hydrogen) atoms. The predicted octanol–water partition coefficient (Wildman–Crippen LogP) is -1.40. The number of thiocarbonyl (C=S) groups is 1. The molecule has 1 aliphatic rings. The highest BCUT2D eigenvalue weighted by atomic mass is 32.2. The minimum absolute atomic E-state index is 0.122. The maximum absolute atomic E-state index is 11.5. The molecule has 0 amide bonds. The number of nitrogens with zero attached hydrogens (tertiary/aromatic N) is 1. The molecule has 0 aliphatic carbocycles. The van der Waals surface area contributed by atoms with Crippen LogP contribution >= 0.6 is 24.0 Å². The molecule has 1 atom stereocenters.